The van der Waals surface area contributed by atoms with Gasteiger partial charge in [0.2, 0.25) is 0 Å². The summed E-state index contributed by atoms with van der Waals surface area (Å²) >= 11 is 0. The molecule has 0 radical (unpaired) electrons. The molecule has 1 aromatic rings. The summed E-state index contributed by atoms with van der Waals surface area (Å²) in [5, 5.41) is 10.5. The zero-order valence-electron chi connectivity index (χ0n) is 13.5. The average molecular weight is 293 g/mol. The van der Waals surface area contributed by atoms with Crippen LogP contribution in [0.15, 0.2) is 18.2 Å². The lowest BCUT2D eigenvalue weighted by atomic mass is 10.1. The summed E-state index contributed by atoms with van der Waals surface area (Å²) in [6.45, 7) is 6.16. The van der Waals surface area contributed by atoms with E-state index in [-0.39, 0.29) is 0 Å². The summed E-state index contributed by atoms with van der Waals surface area (Å²) in [6.07, 6.45) is 2.01. The van der Waals surface area contributed by atoms with Crippen molar-refractivity contribution < 1.29 is 14.6 Å². The fourth-order valence-electron chi connectivity index (χ4n) is 2.67. The van der Waals surface area contributed by atoms with Gasteiger partial charge in [-0.1, -0.05) is 19.9 Å². The van der Waals surface area contributed by atoms with E-state index in [1.807, 2.05) is 18.2 Å². The van der Waals surface area contributed by atoms with Gasteiger partial charge in [-0.05, 0) is 36.5 Å². The molecule has 1 aromatic carbocycles. The van der Waals surface area contributed by atoms with E-state index >= 15 is 0 Å². The van der Waals surface area contributed by atoms with Gasteiger partial charge in [-0.3, -0.25) is 4.90 Å². The van der Waals surface area contributed by atoms with Gasteiger partial charge in [-0.25, -0.2) is 0 Å². The van der Waals surface area contributed by atoms with Gasteiger partial charge in [0.15, 0.2) is 11.5 Å². The van der Waals surface area contributed by atoms with Gasteiger partial charge in [0, 0.05) is 19.1 Å². The standard InChI is InChI=1S/C17H27NO3/c1-12(2)10-18(14-6-7-14)11-15(19)13-5-8-16(20-3)17(9-13)21-4/h5,8-9,12,14-15,19H,6-7,10-11H2,1-4H3. The Morgan fingerprint density at radius 1 is 1.14 bits per heavy atom. The normalized spacial score (nSPS) is 16.3. The quantitative estimate of drug-likeness (QED) is 0.800. The minimum Gasteiger partial charge on any atom is -0.493 e. The molecule has 1 aliphatic carbocycles. The van der Waals surface area contributed by atoms with Crippen LogP contribution in [-0.2, 0) is 0 Å². The monoisotopic (exact) mass is 293 g/mol. The van der Waals surface area contributed by atoms with E-state index in [1.54, 1.807) is 14.2 Å². The van der Waals surface area contributed by atoms with Crippen LogP contribution in [0.25, 0.3) is 0 Å². The van der Waals surface area contributed by atoms with Crippen molar-refractivity contribution in [2.45, 2.75) is 38.8 Å². The Bertz CT molecular complexity index is 457. The molecule has 0 aliphatic heterocycles. The minimum absolute atomic E-state index is 0.496. The highest BCUT2D eigenvalue weighted by Gasteiger charge is 2.30. The van der Waals surface area contributed by atoms with E-state index in [0.717, 1.165) is 12.1 Å². The van der Waals surface area contributed by atoms with Gasteiger partial charge in [0.1, 0.15) is 0 Å². The summed E-state index contributed by atoms with van der Waals surface area (Å²) in [5.41, 5.74) is 0.877. The first kappa shape index (κ1) is 16.1. The molecule has 1 unspecified atom stereocenters. The fourth-order valence-corrected chi connectivity index (χ4v) is 2.67. The number of aliphatic hydroxyl groups excluding tert-OH is 1. The molecule has 1 saturated carbocycles. The molecule has 4 heteroatoms. The summed E-state index contributed by atoms with van der Waals surface area (Å²) in [4.78, 5) is 2.41. The van der Waals surface area contributed by atoms with E-state index in [0.29, 0.717) is 30.0 Å². The summed E-state index contributed by atoms with van der Waals surface area (Å²) in [5.74, 6) is 1.97. The number of rotatable bonds is 8. The van der Waals surface area contributed by atoms with Crippen LogP contribution in [0.1, 0.15) is 38.4 Å². The van der Waals surface area contributed by atoms with Crippen LogP contribution in [-0.4, -0.2) is 43.4 Å². The molecule has 2 rings (SSSR count). The molecular formula is C17H27NO3. The SMILES string of the molecule is COc1ccc(C(O)CN(CC(C)C)C2CC2)cc1OC. The number of nitrogens with zero attached hydrogens (tertiary/aromatic N) is 1. The third-order valence-corrected chi connectivity index (χ3v) is 3.86. The van der Waals surface area contributed by atoms with Crippen molar-refractivity contribution in [3.63, 3.8) is 0 Å². The zero-order chi connectivity index (χ0) is 15.4. The Morgan fingerprint density at radius 3 is 2.33 bits per heavy atom. The number of ether oxygens (including phenoxy) is 2. The third-order valence-electron chi connectivity index (χ3n) is 3.86. The van der Waals surface area contributed by atoms with Crippen molar-refractivity contribution >= 4 is 0 Å². The highest BCUT2D eigenvalue weighted by molar-refractivity contribution is 5.43. The van der Waals surface area contributed by atoms with Gasteiger partial charge in [-0.15, -0.1) is 0 Å². The second kappa shape index (κ2) is 7.14. The summed E-state index contributed by atoms with van der Waals surface area (Å²) in [7, 11) is 3.23. The van der Waals surface area contributed by atoms with Crippen LogP contribution >= 0.6 is 0 Å². The molecule has 4 nitrogen and oxygen atoms in total. The largest absolute Gasteiger partial charge is 0.493 e. The lowest BCUT2D eigenvalue weighted by Crippen LogP contribution is -2.34. The van der Waals surface area contributed by atoms with Gasteiger partial charge >= 0.3 is 0 Å². The van der Waals surface area contributed by atoms with Crippen molar-refractivity contribution in [3.8, 4) is 11.5 Å². The molecule has 0 aromatic heterocycles. The van der Waals surface area contributed by atoms with Crippen LogP contribution in [0.4, 0.5) is 0 Å². The number of aliphatic hydroxyl groups is 1. The maximum atomic E-state index is 10.5. The Hall–Kier alpha value is -1.26. The van der Waals surface area contributed by atoms with Crippen LogP contribution in [0, 0.1) is 5.92 Å². The topological polar surface area (TPSA) is 41.9 Å². The first-order valence-electron chi connectivity index (χ1n) is 7.69. The van der Waals surface area contributed by atoms with Gasteiger partial charge in [0.25, 0.3) is 0 Å². The Balaban J connectivity index is 2.06. The van der Waals surface area contributed by atoms with Gasteiger partial charge in [0.05, 0.1) is 20.3 Å². The van der Waals surface area contributed by atoms with E-state index in [9.17, 15) is 5.11 Å². The van der Waals surface area contributed by atoms with Crippen molar-refractivity contribution in [3.05, 3.63) is 23.8 Å². The number of hydrogen-bond donors (Lipinski definition) is 1. The summed E-state index contributed by atoms with van der Waals surface area (Å²) in [6, 6.07) is 6.28. The molecule has 0 bridgehead atoms. The Kier molecular flexibility index (Phi) is 5.48. The molecule has 0 spiro atoms. The molecule has 118 valence electrons. The van der Waals surface area contributed by atoms with Crippen LogP contribution in [0.3, 0.4) is 0 Å². The first-order valence-corrected chi connectivity index (χ1v) is 7.69. The highest BCUT2D eigenvalue weighted by atomic mass is 16.5. The maximum Gasteiger partial charge on any atom is 0.161 e. The second-order valence-electron chi connectivity index (χ2n) is 6.21. The fraction of sp³-hybridized carbons (Fsp3) is 0.647. The molecule has 1 fully saturated rings. The van der Waals surface area contributed by atoms with Crippen molar-refractivity contribution in [2.24, 2.45) is 5.92 Å². The zero-order valence-corrected chi connectivity index (χ0v) is 13.5. The minimum atomic E-state index is -0.496. The highest BCUT2D eigenvalue weighted by Crippen LogP contribution is 2.32. The van der Waals surface area contributed by atoms with Gasteiger partial charge in [-0.2, -0.15) is 0 Å². The number of benzene rings is 1. The van der Waals surface area contributed by atoms with Crippen LogP contribution in [0.5, 0.6) is 11.5 Å². The predicted octanol–water partition coefficient (Wildman–Crippen LogP) is 2.86. The third kappa shape index (κ3) is 4.35. The lowest BCUT2D eigenvalue weighted by molar-refractivity contribution is 0.101. The van der Waals surface area contributed by atoms with Crippen LogP contribution in [0.2, 0.25) is 0 Å². The van der Waals surface area contributed by atoms with E-state index in [4.69, 9.17) is 9.47 Å². The molecule has 0 saturated heterocycles. The maximum absolute atomic E-state index is 10.5. The molecule has 1 aliphatic rings. The molecular weight excluding hydrogens is 266 g/mol. The lowest BCUT2D eigenvalue weighted by Gasteiger charge is -2.27. The average Bonchev–Trinajstić information content (AvgIpc) is 3.29. The molecule has 21 heavy (non-hydrogen) atoms. The second-order valence-corrected chi connectivity index (χ2v) is 6.21. The molecule has 1 atom stereocenters. The molecule has 0 heterocycles. The Morgan fingerprint density at radius 2 is 1.81 bits per heavy atom. The number of hydrogen-bond acceptors (Lipinski definition) is 4. The van der Waals surface area contributed by atoms with E-state index in [1.165, 1.54) is 12.8 Å². The van der Waals surface area contributed by atoms with E-state index < -0.39 is 6.10 Å². The van der Waals surface area contributed by atoms with Crippen molar-refractivity contribution in [2.75, 3.05) is 27.3 Å². The predicted molar refractivity (Wildman–Crippen MR) is 83.9 cm³/mol. The van der Waals surface area contributed by atoms with Gasteiger partial charge < -0.3 is 14.6 Å². The smallest absolute Gasteiger partial charge is 0.161 e. The van der Waals surface area contributed by atoms with Crippen molar-refractivity contribution in [1.29, 1.82) is 0 Å². The number of methoxy groups -OCH3 is 2. The first-order chi connectivity index (χ1) is 10.0. The Labute approximate surface area is 127 Å². The van der Waals surface area contributed by atoms with Crippen LogP contribution < -0.4 is 9.47 Å². The molecule has 0 amide bonds. The molecule has 1 N–H and O–H groups in total. The summed E-state index contributed by atoms with van der Waals surface area (Å²) < 4.78 is 10.5. The van der Waals surface area contributed by atoms with E-state index in [2.05, 4.69) is 18.7 Å². The van der Waals surface area contributed by atoms with Crippen molar-refractivity contribution in [1.82, 2.24) is 4.90 Å².